The normalized spacial score (nSPS) is 11.6. The van der Waals surface area contributed by atoms with Crippen molar-refractivity contribution in [1.82, 2.24) is 9.97 Å². The molecule has 0 N–H and O–H groups in total. The number of fused-ring (bicyclic) bond motifs is 1. The number of hydrogen-bond donors (Lipinski definition) is 0. The fourth-order valence-electron chi connectivity index (χ4n) is 2.96. The molecular formula is C18H19N3Na2O7S2. The molecule has 162 valence electrons. The summed E-state index contributed by atoms with van der Waals surface area (Å²) in [6.07, 6.45) is 3.36. The number of aromatic nitrogens is 2. The first-order chi connectivity index (χ1) is 14.1. The molecule has 2 heterocycles. The van der Waals surface area contributed by atoms with Crippen LogP contribution in [-0.2, 0) is 20.2 Å². The Hall–Kier alpha value is -0.540. The summed E-state index contributed by atoms with van der Waals surface area (Å²) < 4.78 is 71.1. The van der Waals surface area contributed by atoms with Crippen molar-refractivity contribution in [2.75, 3.05) is 29.5 Å². The SMILES string of the molecule is O=S(=O)([O-])CCCN(CCCS(=O)(=O)[O-])c1ccc2nc(-c3ccncc3)oc2c1.[Na+].[Na+]. The van der Waals surface area contributed by atoms with Crippen LogP contribution in [0.15, 0.2) is 47.1 Å². The van der Waals surface area contributed by atoms with Crippen LogP contribution < -0.4 is 64.0 Å². The van der Waals surface area contributed by atoms with Crippen LogP contribution in [0.1, 0.15) is 12.8 Å². The third-order valence-electron chi connectivity index (χ3n) is 4.31. The fourth-order valence-corrected chi connectivity index (χ4v) is 3.93. The molecule has 0 bridgehead atoms. The van der Waals surface area contributed by atoms with Crippen molar-refractivity contribution in [3.63, 3.8) is 0 Å². The molecule has 10 nitrogen and oxygen atoms in total. The summed E-state index contributed by atoms with van der Waals surface area (Å²) in [5.41, 5.74) is 2.47. The van der Waals surface area contributed by atoms with Crippen molar-refractivity contribution in [3.05, 3.63) is 42.7 Å². The minimum atomic E-state index is -4.36. The molecule has 0 fully saturated rings. The third-order valence-corrected chi connectivity index (χ3v) is 5.89. The molecule has 0 atom stereocenters. The second-order valence-electron chi connectivity index (χ2n) is 6.62. The van der Waals surface area contributed by atoms with Crippen LogP contribution in [0.4, 0.5) is 5.69 Å². The predicted molar refractivity (Wildman–Crippen MR) is 108 cm³/mol. The van der Waals surface area contributed by atoms with Gasteiger partial charge in [-0.15, -0.1) is 0 Å². The molecule has 0 aliphatic heterocycles. The van der Waals surface area contributed by atoms with E-state index in [0.717, 1.165) is 5.56 Å². The number of rotatable bonds is 10. The van der Waals surface area contributed by atoms with Gasteiger partial charge in [-0.25, -0.2) is 21.8 Å². The van der Waals surface area contributed by atoms with Crippen molar-refractivity contribution in [2.45, 2.75) is 12.8 Å². The third kappa shape index (κ3) is 9.37. The van der Waals surface area contributed by atoms with Gasteiger partial charge >= 0.3 is 59.1 Å². The summed E-state index contributed by atoms with van der Waals surface area (Å²) in [5.74, 6) is -0.675. The quantitative estimate of drug-likeness (QED) is 0.197. The maximum atomic E-state index is 10.9. The Bertz CT molecular complexity index is 1180. The van der Waals surface area contributed by atoms with Crippen molar-refractivity contribution < 1.29 is 89.5 Å². The second-order valence-corrected chi connectivity index (χ2v) is 9.67. The largest absolute Gasteiger partial charge is 1.00 e. The zero-order valence-corrected chi connectivity index (χ0v) is 23.4. The zero-order chi connectivity index (χ0) is 21.8. The van der Waals surface area contributed by atoms with Gasteiger partial charge in [0.25, 0.3) is 0 Å². The standard InChI is InChI=1S/C18H21N3O7S2.2Na/c22-29(23,24)11-1-9-21(10-2-12-30(25,26)27)15-3-4-16-17(13-15)28-18(20-16)14-5-7-19-8-6-14;;/h3-8,13H,1-2,9-12H2,(H,22,23,24)(H,25,26,27);;/q;2*+1/p-2. The van der Waals surface area contributed by atoms with E-state index >= 15 is 0 Å². The van der Waals surface area contributed by atoms with Gasteiger partial charge in [0.1, 0.15) is 5.52 Å². The van der Waals surface area contributed by atoms with Gasteiger partial charge in [0.2, 0.25) is 5.89 Å². The number of hydrogen-bond acceptors (Lipinski definition) is 10. The number of oxazole rings is 1. The van der Waals surface area contributed by atoms with Crippen LogP contribution in [0, 0.1) is 0 Å². The first kappa shape index (κ1) is 29.5. The molecule has 0 aliphatic rings. The Morgan fingerprint density at radius 2 is 1.44 bits per heavy atom. The van der Waals surface area contributed by atoms with E-state index in [0.29, 0.717) is 22.7 Å². The molecule has 14 heteroatoms. The Labute approximate surface area is 230 Å². The molecule has 0 amide bonds. The summed E-state index contributed by atoms with van der Waals surface area (Å²) in [5, 5.41) is 0. The molecule has 0 saturated heterocycles. The molecule has 3 aromatic rings. The van der Waals surface area contributed by atoms with Gasteiger partial charge in [-0.05, 0) is 37.1 Å². The first-order valence-electron chi connectivity index (χ1n) is 9.04. The minimum Gasteiger partial charge on any atom is -0.748 e. The van der Waals surface area contributed by atoms with Gasteiger partial charge in [0.15, 0.2) is 5.58 Å². The molecule has 0 saturated carbocycles. The Balaban J connectivity index is 0.00000256. The van der Waals surface area contributed by atoms with E-state index in [9.17, 15) is 25.9 Å². The topological polar surface area (TPSA) is 157 Å². The van der Waals surface area contributed by atoms with Crippen LogP contribution in [0.3, 0.4) is 0 Å². The molecule has 0 radical (unpaired) electrons. The number of anilines is 1. The first-order valence-corrected chi connectivity index (χ1v) is 12.2. The van der Waals surface area contributed by atoms with Gasteiger partial charge < -0.3 is 18.4 Å². The number of nitrogens with zero attached hydrogens (tertiary/aromatic N) is 3. The van der Waals surface area contributed by atoms with Gasteiger partial charge in [0.05, 0.1) is 20.2 Å². The maximum absolute atomic E-state index is 10.9. The summed E-state index contributed by atoms with van der Waals surface area (Å²) in [6, 6.07) is 8.67. The molecule has 0 spiro atoms. The second kappa shape index (κ2) is 12.8. The molecule has 32 heavy (non-hydrogen) atoms. The molecular weight excluding hydrogens is 480 g/mol. The fraction of sp³-hybridized carbons (Fsp3) is 0.333. The monoisotopic (exact) mass is 499 g/mol. The van der Waals surface area contributed by atoms with Gasteiger partial charge in [-0.3, -0.25) is 4.98 Å². The maximum Gasteiger partial charge on any atom is 1.00 e. The van der Waals surface area contributed by atoms with Gasteiger partial charge in [-0.1, -0.05) is 0 Å². The van der Waals surface area contributed by atoms with E-state index in [1.165, 1.54) is 0 Å². The minimum absolute atomic E-state index is 0. The van der Waals surface area contributed by atoms with E-state index in [1.54, 1.807) is 47.6 Å². The van der Waals surface area contributed by atoms with E-state index < -0.39 is 31.7 Å². The van der Waals surface area contributed by atoms with Crippen molar-refractivity contribution in [3.8, 4) is 11.5 Å². The number of benzene rings is 1. The Morgan fingerprint density at radius 1 is 0.875 bits per heavy atom. The van der Waals surface area contributed by atoms with Crippen LogP contribution in [-0.4, -0.2) is 60.5 Å². The number of pyridine rings is 1. The Kier molecular flexibility index (Phi) is 11.8. The Morgan fingerprint density at radius 3 is 1.97 bits per heavy atom. The van der Waals surface area contributed by atoms with E-state index in [-0.39, 0.29) is 85.0 Å². The predicted octanol–water partition coefficient (Wildman–Crippen LogP) is -4.43. The molecule has 1 aromatic carbocycles. The van der Waals surface area contributed by atoms with Crippen molar-refractivity contribution in [1.29, 1.82) is 0 Å². The van der Waals surface area contributed by atoms with Crippen LogP contribution in [0.25, 0.3) is 22.6 Å². The summed E-state index contributed by atoms with van der Waals surface area (Å²) in [7, 11) is -8.73. The average Bonchev–Trinajstić information content (AvgIpc) is 3.09. The summed E-state index contributed by atoms with van der Waals surface area (Å²) in [6.45, 7) is 0.383. The smallest absolute Gasteiger partial charge is 0.748 e. The average molecular weight is 499 g/mol. The van der Waals surface area contributed by atoms with E-state index in [1.807, 2.05) is 0 Å². The van der Waals surface area contributed by atoms with Gasteiger partial charge in [-0.2, -0.15) is 0 Å². The summed E-state index contributed by atoms with van der Waals surface area (Å²) >= 11 is 0. The van der Waals surface area contributed by atoms with Crippen molar-refractivity contribution >= 4 is 37.0 Å². The molecule has 0 unspecified atom stereocenters. The zero-order valence-electron chi connectivity index (χ0n) is 17.8. The van der Waals surface area contributed by atoms with E-state index in [2.05, 4.69) is 9.97 Å². The van der Waals surface area contributed by atoms with Crippen molar-refractivity contribution in [2.24, 2.45) is 0 Å². The van der Waals surface area contributed by atoms with E-state index in [4.69, 9.17) is 4.42 Å². The van der Waals surface area contributed by atoms with Crippen LogP contribution in [0.5, 0.6) is 0 Å². The molecule has 2 aromatic heterocycles. The van der Waals surface area contributed by atoms with Crippen LogP contribution >= 0.6 is 0 Å². The molecule has 0 aliphatic carbocycles. The summed E-state index contributed by atoms with van der Waals surface area (Å²) in [4.78, 5) is 10.1. The van der Waals surface area contributed by atoms with Crippen LogP contribution in [0.2, 0.25) is 0 Å². The van der Waals surface area contributed by atoms with Gasteiger partial charge in [0, 0.05) is 54.3 Å². The molecule has 3 rings (SSSR count).